The van der Waals surface area contributed by atoms with Crippen LogP contribution < -0.4 is 5.32 Å². The maximum atomic E-state index is 12.7. The highest BCUT2D eigenvalue weighted by molar-refractivity contribution is 6.33. The molecular formula is C24H21ClN4O3. The van der Waals surface area contributed by atoms with Crippen LogP contribution in [0, 0.1) is 13.8 Å². The van der Waals surface area contributed by atoms with Gasteiger partial charge in [0.05, 0.1) is 10.7 Å². The fourth-order valence-corrected chi connectivity index (χ4v) is 3.57. The minimum absolute atomic E-state index is 0.0819. The fraction of sp³-hybridized carbons (Fsp3) is 0.167. The highest BCUT2D eigenvalue weighted by Gasteiger charge is 2.23. The third-order valence-electron chi connectivity index (χ3n) is 4.95. The summed E-state index contributed by atoms with van der Waals surface area (Å²) >= 11 is 6.19. The smallest absolute Gasteiger partial charge is 0.359 e. The lowest BCUT2D eigenvalue weighted by Crippen LogP contribution is -2.30. The summed E-state index contributed by atoms with van der Waals surface area (Å²) in [6, 6.07) is 18.4. The van der Waals surface area contributed by atoms with Gasteiger partial charge in [0, 0.05) is 16.8 Å². The molecule has 4 aromatic rings. The molecule has 2 aromatic carbocycles. The molecule has 7 nitrogen and oxygen atoms in total. The fourth-order valence-electron chi connectivity index (χ4n) is 3.39. The Bertz CT molecular complexity index is 1330. The molecule has 0 aliphatic carbocycles. The van der Waals surface area contributed by atoms with E-state index in [4.69, 9.17) is 16.3 Å². The number of aryl methyl sites for hydroxylation is 2. The van der Waals surface area contributed by atoms with Crippen LogP contribution in [-0.4, -0.2) is 32.7 Å². The Balaban J connectivity index is 1.51. The molecule has 1 atom stereocenters. The summed E-state index contributed by atoms with van der Waals surface area (Å²) in [6.07, 6.45) is -1.06. The average molecular weight is 449 g/mol. The molecular weight excluding hydrogens is 428 g/mol. The number of hydrogen-bond acceptors (Lipinski definition) is 5. The Morgan fingerprint density at radius 1 is 1.06 bits per heavy atom. The van der Waals surface area contributed by atoms with Crippen LogP contribution in [0.1, 0.15) is 28.8 Å². The quantitative estimate of drug-likeness (QED) is 0.440. The second-order valence-electron chi connectivity index (χ2n) is 7.40. The number of esters is 1. The number of hydrogen-bond donors (Lipinski definition) is 1. The Morgan fingerprint density at radius 2 is 1.81 bits per heavy atom. The lowest BCUT2D eigenvalue weighted by Gasteiger charge is -2.15. The Hall–Kier alpha value is -3.71. The van der Waals surface area contributed by atoms with E-state index >= 15 is 0 Å². The van der Waals surface area contributed by atoms with E-state index in [9.17, 15) is 9.59 Å². The van der Waals surface area contributed by atoms with Gasteiger partial charge < -0.3 is 10.1 Å². The van der Waals surface area contributed by atoms with Gasteiger partial charge in [0.1, 0.15) is 0 Å². The van der Waals surface area contributed by atoms with Crippen molar-refractivity contribution < 1.29 is 14.3 Å². The van der Waals surface area contributed by atoms with Crippen molar-refractivity contribution in [2.24, 2.45) is 0 Å². The molecule has 0 aliphatic heterocycles. The molecule has 4 rings (SSSR count). The summed E-state index contributed by atoms with van der Waals surface area (Å²) in [5, 5.41) is 9.20. The molecule has 0 aliphatic rings. The standard InChI is InChI=1S/C24H21ClN4O3/c1-14-13-15(2)29(28-14)21-12-11-19(25)22(27-21)24(31)32-16(3)23(30)26-20-10-6-8-17-7-4-5-9-18(17)20/h4-13,16H,1-3H3,(H,26,30). The van der Waals surface area contributed by atoms with Crippen LogP contribution in [0.15, 0.2) is 60.7 Å². The highest BCUT2D eigenvalue weighted by atomic mass is 35.5. The number of amides is 1. The van der Waals surface area contributed by atoms with E-state index in [2.05, 4.69) is 15.4 Å². The molecule has 0 bridgehead atoms. The van der Waals surface area contributed by atoms with E-state index in [1.54, 1.807) is 22.9 Å². The maximum Gasteiger partial charge on any atom is 0.359 e. The van der Waals surface area contributed by atoms with Gasteiger partial charge in [-0.15, -0.1) is 0 Å². The first-order chi connectivity index (χ1) is 15.3. The molecule has 1 amide bonds. The lowest BCUT2D eigenvalue weighted by atomic mass is 10.1. The first kappa shape index (κ1) is 21.5. The molecule has 0 radical (unpaired) electrons. The number of fused-ring (bicyclic) bond motifs is 1. The molecule has 162 valence electrons. The lowest BCUT2D eigenvalue weighted by molar-refractivity contribution is -0.123. The molecule has 1 N–H and O–H groups in total. The van der Waals surface area contributed by atoms with Gasteiger partial charge in [-0.05, 0) is 50.4 Å². The van der Waals surface area contributed by atoms with E-state index in [0.29, 0.717) is 11.5 Å². The van der Waals surface area contributed by atoms with Gasteiger partial charge in [0.2, 0.25) is 0 Å². The van der Waals surface area contributed by atoms with Crippen LogP contribution in [0.25, 0.3) is 16.6 Å². The summed E-state index contributed by atoms with van der Waals surface area (Å²) in [6.45, 7) is 5.25. The highest BCUT2D eigenvalue weighted by Crippen LogP contribution is 2.24. The first-order valence-corrected chi connectivity index (χ1v) is 10.4. The maximum absolute atomic E-state index is 12.7. The molecule has 2 aromatic heterocycles. The summed E-state index contributed by atoms with van der Waals surface area (Å²) in [5.41, 5.74) is 2.24. The minimum atomic E-state index is -1.06. The van der Waals surface area contributed by atoms with Crippen LogP contribution >= 0.6 is 11.6 Å². The SMILES string of the molecule is Cc1cc(C)n(-c2ccc(Cl)c(C(=O)OC(C)C(=O)Nc3cccc4ccccc34)n2)n1. The van der Waals surface area contributed by atoms with Gasteiger partial charge in [-0.25, -0.2) is 14.5 Å². The number of carbonyl (C=O) groups excluding carboxylic acids is 2. The molecule has 8 heteroatoms. The molecule has 0 spiro atoms. The molecule has 0 saturated carbocycles. The Labute approximate surface area is 190 Å². The second-order valence-corrected chi connectivity index (χ2v) is 7.81. The summed E-state index contributed by atoms with van der Waals surface area (Å²) < 4.78 is 6.97. The predicted octanol–water partition coefficient (Wildman–Crippen LogP) is 4.87. The van der Waals surface area contributed by atoms with Gasteiger partial charge in [-0.1, -0.05) is 48.0 Å². The van der Waals surface area contributed by atoms with Gasteiger partial charge in [-0.3, -0.25) is 4.79 Å². The van der Waals surface area contributed by atoms with E-state index in [0.717, 1.165) is 22.2 Å². The summed E-state index contributed by atoms with van der Waals surface area (Å²) in [4.78, 5) is 29.7. The number of aromatic nitrogens is 3. The molecule has 2 heterocycles. The minimum Gasteiger partial charge on any atom is -0.448 e. The Morgan fingerprint density at radius 3 is 2.56 bits per heavy atom. The zero-order chi connectivity index (χ0) is 22.8. The van der Waals surface area contributed by atoms with E-state index < -0.39 is 18.0 Å². The van der Waals surface area contributed by atoms with Crippen molar-refractivity contribution in [3.8, 4) is 5.82 Å². The topological polar surface area (TPSA) is 86.1 Å². The van der Waals surface area contributed by atoms with Crippen molar-refractivity contribution in [1.82, 2.24) is 14.8 Å². The number of ether oxygens (including phenoxy) is 1. The van der Waals surface area contributed by atoms with Crippen LogP contribution in [-0.2, 0) is 9.53 Å². The van der Waals surface area contributed by atoms with Crippen molar-refractivity contribution >= 4 is 39.9 Å². The van der Waals surface area contributed by atoms with Crippen LogP contribution in [0.4, 0.5) is 5.69 Å². The van der Waals surface area contributed by atoms with E-state index in [1.807, 2.05) is 56.3 Å². The third-order valence-corrected chi connectivity index (χ3v) is 5.26. The van der Waals surface area contributed by atoms with Gasteiger partial charge in [0.15, 0.2) is 17.6 Å². The molecule has 1 unspecified atom stereocenters. The van der Waals surface area contributed by atoms with Gasteiger partial charge in [0.25, 0.3) is 5.91 Å². The number of nitrogens with one attached hydrogen (secondary N) is 1. The molecule has 0 saturated heterocycles. The molecule has 32 heavy (non-hydrogen) atoms. The van der Waals surface area contributed by atoms with Gasteiger partial charge in [-0.2, -0.15) is 5.10 Å². The van der Waals surface area contributed by atoms with Gasteiger partial charge >= 0.3 is 5.97 Å². The summed E-state index contributed by atoms with van der Waals surface area (Å²) in [5.74, 6) is -0.820. The predicted molar refractivity (Wildman–Crippen MR) is 123 cm³/mol. The second kappa shape index (κ2) is 8.80. The molecule has 0 fully saturated rings. The summed E-state index contributed by atoms with van der Waals surface area (Å²) in [7, 11) is 0. The van der Waals surface area contributed by atoms with Crippen molar-refractivity contribution in [1.29, 1.82) is 0 Å². The van der Waals surface area contributed by atoms with E-state index in [1.165, 1.54) is 6.92 Å². The number of pyridine rings is 1. The normalized spacial score (nSPS) is 11.9. The van der Waals surface area contributed by atoms with Crippen molar-refractivity contribution in [2.75, 3.05) is 5.32 Å². The van der Waals surface area contributed by atoms with Crippen molar-refractivity contribution in [2.45, 2.75) is 26.9 Å². The average Bonchev–Trinajstić information content (AvgIpc) is 3.12. The van der Waals surface area contributed by atoms with Crippen molar-refractivity contribution in [3.63, 3.8) is 0 Å². The number of benzene rings is 2. The Kier molecular flexibility index (Phi) is 5.92. The number of nitrogens with zero attached hydrogens (tertiary/aromatic N) is 3. The largest absolute Gasteiger partial charge is 0.448 e. The first-order valence-electron chi connectivity index (χ1n) is 10.0. The van der Waals surface area contributed by atoms with Crippen LogP contribution in [0.2, 0.25) is 5.02 Å². The van der Waals surface area contributed by atoms with Crippen LogP contribution in [0.3, 0.4) is 0 Å². The monoisotopic (exact) mass is 448 g/mol. The number of anilines is 1. The zero-order valence-corrected chi connectivity index (χ0v) is 18.6. The van der Waals surface area contributed by atoms with Crippen molar-refractivity contribution in [3.05, 3.63) is 82.8 Å². The number of rotatable bonds is 5. The number of carbonyl (C=O) groups is 2. The van der Waals surface area contributed by atoms with Crippen LogP contribution in [0.5, 0.6) is 0 Å². The third kappa shape index (κ3) is 4.33. The van der Waals surface area contributed by atoms with E-state index in [-0.39, 0.29) is 10.7 Å². The number of halogens is 1. The zero-order valence-electron chi connectivity index (χ0n) is 17.8.